The second kappa shape index (κ2) is 3.54. The highest BCUT2D eigenvalue weighted by molar-refractivity contribution is 5.99. The Morgan fingerprint density at radius 3 is 2.80 bits per heavy atom. The molecule has 0 saturated carbocycles. The highest BCUT2D eigenvalue weighted by Crippen LogP contribution is 2.27. The molecule has 0 atom stereocenters. The molecule has 1 aromatic rings. The van der Waals surface area contributed by atoms with Gasteiger partial charge in [-0.15, -0.1) is 0 Å². The Labute approximate surface area is 90.2 Å². The molecule has 1 aromatic carbocycles. The first-order valence-electron chi connectivity index (χ1n) is 5.20. The Hall–Kier alpha value is -1.57. The number of rotatable bonds is 2. The normalized spacial score (nSPS) is 14.6. The molecule has 2 heteroatoms. The number of carbonyl (C=O) groups is 1. The Morgan fingerprint density at radius 2 is 2.20 bits per heavy atom. The molecule has 0 unspecified atom stereocenters. The standard InChI is InChI=1S/C13H15NO/c1-4-10-6-5-7-11-12(10)8-14(9(2)3)13(11)15/h4-7,9H,1,8H2,2-3H3. The molecule has 1 aliphatic rings. The largest absolute Gasteiger partial charge is 0.332 e. The summed E-state index contributed by atoms with van der Waals surface area (Å²) in [5.74, 6) is 0.142. The van der Waals surface area contributed by atoms with E-state index in [4.69, 9.17) is 0 Å². The van der Waals surface area contributed by atoms with Gasteiger partial charge in [0.2, 0.25) is 0 Å². The summed E-state index contributed by atoms with van der Waals surface area (Å²) in [4.78, 5) is 13.9. The minimum Gasteiger partial charge on any atom is -0.332 e. The van der Waals surface area contributed by atoms with Crippen molar-refractivity contribution in [3.05, 3.63) is 41.5 Å². The second-order valence-corrected chi connectivity index (χ2v) is 4.10. The van der Waals surface area contributed by atoms with E-state index in [1.54, 1.807) is 0 Å². The number of nitrogens with zero attached hydrogens (tertiary/aromatic N) is 1. The lowest BCUT2D eigenvalue weighted by atomic mass is 10.0. The quantitative estimate of drug-likeness (QED) is 0.720. The number of carbonyl (C=O) groups excluding carboxylic acids is 1. The summed E-state index contributed by atoms with van der Waals surface area (Å²) in [5.41, 5.74) is 3.02. The zero-order valence-electron chi connectivity index (χ0n) is 9.16. The van der Waals surface area contributed by atoms with E-state index in [1.165, 1.54) is 0 Å². The van der Waals surface area contributed by atoms with Crippen LogP contribution >= 0.6 is 0 Å². The van der Waals surface area contributed by atoms with Gasteiger partial charge in [-0.1, -0.05) is 24.8 Å². The predicted octanol–water partition coefficient (Wildman–Crippen LogP) is 2.69. The Bertz CT molecular complexity index is 421. The van der Waals surface area contributed by atoms with Crippen LogP contribution in [0.1, 0.15) is 35.3 Å². The van der Waals surface area contributed by atoms with Crippen molar-refractivity contribution < 1.29 is 4.79 Å². The van der Waals surface area contributed by atoms with Crippen LogP contribution in [-0.4, -0.2) is 16.8 Å². The molecule has 0 fully saturated rings. The summed E-state index contributed by atoms with van der Waals surface area (Å²) in [5, 5.41) is 0. The third-order valence-electron chi connectivity index (χ3n) is 2.88. The minimum absolute atomic E-state index is 0.142. The van der Waals surface area contributed by atoms with Crippen LogP contribution in [0.4, 0.5) is 0 Å². The van der Waals surface area contributed by atoms with Crippen LogP contribution in [0.2, 0.25) is 0 Å². The van der Waals surface area contributed by atoms with E-state index >= 15 is 0 Å². The topological polar surface area (TPSA) is 20.3 Å². The third-order valence-corrected chi connectivity index (χ3v) is 2.88. The van der Waals surface area contributed by atoms with E-state index in [-0.39, 0.29) is 11.9 Å². The second-order valence-electron chi connectivity index (χ2n) is 4.10. The summed E-state index contributed by atoms with van der Waals surface area (Å²) >= 11 is 0. The maximum atomic E-state index is 12.0. The number of fused-ring (bicyclic) bond motifs is 1. The number of hydrogen-bond acceptors (Lipinski definition) is 1. The molecule has 1 heterocycles. The van der Waals surface area contributed by atoms with Crippen molar-refractivity contribution in [2.45, 2.75) is 26.4 Å². The lowest BCUT2D eigenvalue weighted by Gasteiger charge is -2.19. The first-order chi connectivity index (χ1) is 7.15. The summed E-state index contributed by atoms with van der Waals surface area (Å²) in [7, 11) is 0. The lowest BCUT2D eigenvalue weighted by molar-refractivity contribution is 0.0730. The fourth-order valence-electron chi connectivity index (χ4n) is 1.99. The van der Waals surface area contributed by atoms with Crippen LogP contribution in [0.25, 0.3) is 6.08 Å². The SMILES string of the molecule is C=Cc1cccc2c1CN(C(C)C)C2=O. The zero-order chi connectivity index (χ0) is 11.0. The van der Waals surface area contributed by atoms with Gasteiger partial charge in [0.15, 0.2) is 0 Å². The minimum atomic E-state index is 0.142. The molecule has 15 heavy (non-hydrogen) atoms. The van der Waals surface area contributed by atoms with Crippen molar-refractivity contribution in [1.82, 2.24) is 4.90 Å². The highest BCUT2D eigenvalue weighted by Gasteiger charge is 2.29. The van der Waals surface area contributed by atoms with Gasteiger partial charge in [0, 0.05) is 18.2 Å². The molecule has 1 aliphatic heterocycles. The summed E-state index contributed by atoms with van der Waals surface area (Å²) in [6.45, 7) is 8.57. The van der Waals surface area contributed by atoms with Gasteiger partial charge in [-0.25, -0.2) is 0 Å². The molecule has 0 aromatic heterocycles. The highest BCUT2D eigenvalue weighted by atomic mass is 16.2. The van der Waals surface area contributed by atoms with Crippen LogP contribution in [0, 0.1) is 0 Å². The Balaban J connectivity index is 2.49. The third kappa shape index (κ3) is 1.46. The van der Waals surface area contributed by atoms with E-state index in [1.807, 2.05) is 43.0 Å². The van der Waals surface area contributed by atoms with E-state index in [2.05, 4.69) is 6.58 Å². The maximum absolute atomic E-state index is 12.0. The predicted molar refractivity (Wildman–Crippen MR) is 61.5 cm³/mol. The monoisotopic (exact) mass is 201 g/mol. The van der Waals surface area contributed by atoms with Gasteiger partial charge in [-0.2, -0.15) is 0 Å². The van der Waals surface area contributed by atoms with Gasteiger partial charge >= 0.3 is 0 Å². The van der Waals surface area contributed by atoms with Gasteiger partial charge in [0.1, 0.15) is 0 Å². The molecule has 1 amide bonds. The van der Waals surface area contributed by atoms with E-state index < -0.39 is 0 Å². The molecule has 0 spiro atoms. The Morgan fingerprint density at radius 1 is 1.47 bits per heavy atom. The number of amides is 1. The molecular weight excluding hydrogens is 186 g/mol. The lowest BCUT2D eigenvalue weighted by Crippen LogP contribution is -2.30. The van der Waals surface area contributed by atoms with Crippen LogP contribution in [-0.2, 0) is 6.54 Å². The van der Waals surface area contributed by atoms with Crippen molar-refractivity contribution in [1.29, 1.82) is 0 Å². The first kappa shape index (κ1) is 9.97. The summed E-state index contributed by atoms with van der Waals surface area (Å²) in [6.07, 6.45) is 1.82. The van der Waals surface area contributed by atoms with Crippen LogP contribution < -0.4 is 0 Å². The molecule has 0 saturated heterocycles. The van der Waals surface area contributed by atoms with Crippen LogP contribution in [0.15, 0.2) is 24.8 Å². The molecular formula is C13H15NO. The van der Waals surface area contributed by atoms with Gasteiger partial charge in [0.25, 0.3) is 5.91 Å². The smallest absolute Gasteiger partial charge is 0.254 e. The van der Waals surface area contributed by atoms with Crippen molar-refractivity contribution in [3.63, 3.8) is 0 Å². The maximum Gasteiger partial charge on any atom is 0.254 e. The number of benzene rings is 1. The average Bonchev–Trinajstić information content (AvgIpc) is 2.56. The molecule has 2 rings (SSSR count). The van der Waals surface area contributed by atoms with Crippen molar-refractivity contribution in [3.8, 4) is 0 Å². The van der Waals surface area contributed by atoms with Gasteiger partial charge in [0.05, 0.1) is 0 Å². The van der Waals surface area contributed by atoms with Crippen molar-refractivity contribution >= 4 is 12.0 Å². The first-order valence-corrected chi connectivity index (χ1v) is 5.20. The van der Waals surface area contributed by atoms with Crippen molar-refractivity contribution in [2.24, 2.45) is 0 Å². The fraction of sp³-hybridized carbons (Fsp3) is 0.308. The van der Waals surface area contributed by atoms with Gasteiger partial charge in [-0.05, 0) is 31.0 Å². The molecule has 78 valence electrons. The molecule has 0 aliphatic carbocycles. The summed E-state index contributed by atoms with van der Waals surface area (Å²) < 4.78 is 0. The fourth-order valence-corrected chi connectivity index (χ4v) is 1.99. The van der Waals surface area contributed by atoms with Crippen LogP contribution in [0.3, 0.4) is 0 Å². The number of hydrogen-bond donors (Lipinski definition) is 0. The van der Waals surface area contributed by atoms with Crippen LogP contribution in [0.5, 0.6) is 0 Å². The molecule has 2 nitrogen and oxygen atoms in total. The van der Waals surface area contributed by atoms with E-state index in [9.17, 15) is 4.79 Å². The van der Waals surface area contributed by atoms with Gasteiger partial charge < -0.3 is 4.90 Å². The zero-order valence-corrected chi connectivity index (χ0v) is 9.16. The van der Waals surface area contributed by atoms with E-state index in [0.717, 1.165) is 16.7 Å². The molecule has 0 bridgehead atoms. The summed E-state index contributed by atoms with van der Waals surface area (Å²) in [6, 6.07) is 6.07. The van der Waals surface area contributed by atoms with Crippen molar-refractivity contribution in [2.75, 3.05) is 0 Å². The molecule has 0 radical (unpaired) electrons. The molecule has 0 N–H and O–H groups in total. The Kier molecular flexibility index (Phi) is 2.35. The van der Waals surface area contributed by atoms with E-state index in [0.29, 0.717) is 6.54 Å². The average molecular weight is 201 g/mol. The van der Waals surface area contributed by atoms with Gasteiger partial charge in [-0.3, -0.25) is 4.79 Å².